The quantitative estimate of drug-likeness (QED) is 0.776. The maximum absolute atomic E-state index is 12.0. The first-order valence-electron chi connectivity index (χ1n) is 5.00. The molecule has 17 heavy (non-hydrogen) atoms. The van der Waals surface area contributed by atoms with Gasteiger partial charge in [-0.3, -0.25) is 14.5 Å². The van der Waals surface area contributed by atoms with Crippen LogP contribution in [0, 0.1) is 0 Å². The number of carboxylic acid groups (broad SMARTS) is 1. The van der Waals surface area contributed by atoms with Crippen molar-refractivity contribution in [3.05, 3.63) is 0 Å². The molecule has 0 aromatic carbocycles. The van der Waals surface area contributed by atoms with Crippen molar-refractivity contribution < 1.29 is 27.9 Å². The number of nitrogens with zero attached hydrogens (tertiary/aromatic N) is 2. The molecule has 1 saturated heterocycles. The van der Waals surface area contributed by atoms with Gasteiger partial charge in [0.15, 0.2) is 0 Å². The zero-order valence-electron chi connectivity index (χ0n) is 9.20. The van der Waals surface area contributed by atoms with Crippen LogP contribution in [0.3, 0.4) is 0 Å². The van der Waals surface area contributed by atoms with Gasteiger partial charge in [-0.15, -0.1) is 0 Å². The molecule has 0 aromatic heterocycles. The number of halogens is 3. The molecule has 1 heterocycles. The van der Waals surface area contributed by atoms with Crippen LogP contribution in [0.5, 0.6) is 0 Å². The second-order valence-electron chi connectivity index (χ2n) is 3.99. The van der Waals surface area contributed by atoms with Gasteiger partial charge in [-0.1, -0.05) is 0 Å². The van der Waals surface area contributed by atoms with Crippen molar-refractivity contribution in [3.8, 4) is 0 Å². The number of carbonyl (C=O) groups is 2. The highest BCUT2D eigenvalue weighted by Gasteiger charge is 2.47. The smallest absolute Gasteiger partial charge is 0.471 e. The fourth-order valence-electron chi connectivity index (χ4n) is 1.53. The van der Waals surface area contributed by atoms with Crippen molar-refractivity contribution in [1.29, 1.82) is 0 Å². The number of carbonyl (C=O) groups excluding carboxylic acids is 1. The van der Waals surface area contributed by atoms with E-state index < -0.39 is 18.1 Å². The van der Waals surface area contributed by atoms with E-state index in [-0.39, 0.29) is 32.1 Å². The second-order valence-corrected chi connectivity index (χ2v) is 3.99. The summed E-state index contributed by atoms with van der Waals surface area (Å²) in [6.07, 6.45) is -4.90. The fraction of sp³-hybridized carbons (Fsp3) is 0.778. The highest BCUT2D eigenvalue weighted by Crippen LogP contribution is 2.23. The molecule has 8 heteroatoms. The molecule has 1 aliphatic heterocycles. The SMILES string of the molecule is CN(CCC(=O)O)C1CN(C(=O)C(F)(F)F)C1. The topological polar surface area (TPSA) is 60.9 Å². The summed E-state index contributed by atoms with van der Waals surface area (Å²) in [5.41, 5.74) is 0. The first-order chi connectivity index (χ1) is 7.71. The van der Waals surface area contributed by atoms with Crippen LogP contribution in [0.15, 0.2) is 0 Å². The molecule has 0 aromatic rings. The number of hydrogen-bond acceptors (Lipinski definition) is 3. The summed E-state index contributed by atoms with van der Waals surface area (Å²) in [6.45, 7) is 0.247. The molecule has 0 saturated carbocycles. The van der Waals surface area contributed by atoms with Crippen LogP contribution in [0.25, 0.3) is 0 Å². The predicted molar refractivity (Wildman–Crippen MR) is 51.3 cm³/mol. The molecule has 0 spiro atoms. The number of carboxylic acids is 1. The minimum Gasteiger partial charge on any atom is -0.481 e. The highest BCUT2D eigenvalue weighted by atomic mass is 19.4. The Morgan fingerprint density at radius 3 is 2.35 bits per heavy atom. The van der Waals surface area contributed by atoms with E-state index in [4.69, 9.17) is 5.11 Å². The molecule has 1 aliphatic rings. The van der Waals surface area contributed by atoms with E-state index >= 15 is 0 Å². The van der Waals surface area contributed by atoms with E-state index in [0.717, 1.165) is 0 Å². The van der Waals surface area contributed by atoms with Crippen molar-refractivity contribution in [2.24, 2.45) is 0 Å². The van der Waals surface area contributed by atoms with Crippen molar-refractivity contribution in [3.63, 3.8) is 0 Å². The van der Waals surface area contributed by atoms with Gasteiger partial charge in [0, 0.05) is 25.7 Å². The van der Waals surface area contributed by atoms with Crippen molar-refractivity contribution in [2.45, 2.75) is 18.6 Å². The van der Waals surface area contributed by atoms with Gasteiger partial charge in [0.25, 0.3) is 0 Å². The molecule has 0 bridgehead atoms. The maximum atomic E-state index is 12.0. The second kappa shape index (κ2) is 4.91. The number of alkyl halides is 3. The molecular weight excluding hydrogens is 241 g/mol. The molecule has 1 N–H and O–H groups in total. The largest absolute Gasteiger partial charge is 0.481 e. The van der Waals surface area contributed by atoms with Gasteiger partial charge in [-0.05, 0) is 7.05 Å². The van der Waals surface area contributed by atoms with E-state index in [0.29, 0.717) is 4.90 Å². The molecule has 5 nitrogen and oxygen atoms in total. The minimum atomic E-state index is -4.83. The van der Waals surface area contributed by atoms with Crippen molar-refractivity contribution >= 4 is 11.9 Å². The van der Waals surface area contributed by atoms with Gasteiger partial charge in [-0.2, -0.15) is 13.2 Å². The fourth-order valence-corrected chi connectivity index (χ4v) is 1.53. The molecule has 0 atom stereocenters. The van der Waals surface area contributed by atoms with E-state index in [9.17, 15) is 22.8 Å². The molecule has 1 amide bonds. The Balaban J connectivity index is 2.31. The Kier molecular flexibility index (Phi) is 3.97. The summed E-state index contributed by atoms with van der Waals surface area (Å²) in [5, 5.41) is 8.44. The summed E-state index contributed by atoms with van der Waals surface area (Å²) >= 11 is 0. The van der Waals surface area contributed by atoms with E-state index in [2.05, 4.69) is 0 Å². The number of likely N-dealkylation sites (tertiary alicyclic amines) is 1. The molecule has 98 valence electrons. The lowest BCUT2D eigenvalue weighted by molar-refractivity contribution is -0.192. The zero-order chi connectivity index (χ0) is 13.2. The molecule has 0 aliphatic carbocycles. The Morgan fingerprint density at radius 2 is 1.94 bits per heavy atom. The van der Waals surface area contributed by atoms with Gasteiger partial charge in [0.05, 0.1) is 6.42 Å². The number of hydrogen-bond donors (Lipinski definition) is 1. The van der Waals surface area contributed by atoms with Crippen LogP contribution < -0.4 is 0 Å². The monoisotopic (exact) mass is 254 g/mol. The van der Waals surface area contributed by atoms with Crippen LogP contribution >= 0.6 is 0 Å². The Labute approximate surface area is 95.8 Å². The van der Waals surface area contributed by atoms with Crippen LogP contribution in [-0.2, 0) is 9.59 Å². The zero-order valence-corrected chi connectivity index (χ0v) is 9.20. The molecular formula is C9H13F3N2O3. The minimum absolute atomic E-state index is 0.00549. The third kappa shape index (κ3) is 3.58. The van der Waals surface area contributed by atoms with Crippen LogP contribution in [0.4, 0.5) is 13.2 Å². The normalized spacial score (nSPS) is 17.1. The van der Waals surface area contributed by atoms with Crippen molar-refractivity contribution in [2.75, 3.05) is 26.7 Å². The van der Waals surface area contributed by atoms with Crippen LogP contribution in [0.2, 0.25) is 0 Å². The summed E-state index contributed by atoms with van der Waals surface area (Å²) in [4.78, 5) is 23.4. The third-order valence-corrected chi connectivity index (χ3v) is 2.69. The van der Waals surface area contributed by atoms with E-state index in [1.807, 2.05) is 0 Å². The van der Waals surface area contributed by atoms with Gasteiger partial charge < -0.3 is 10.0 Å². The van der Waals surface area contributed by atoms with Crippen LogP contribution in [-0.4, -0.2) is 65.7 Å². The lowest BCUT2D eigenvalue weighted by atomic mass is 10.1. The van der Waals surface area contributed by atoms with Gasteiger partial charge in [0.2, 0.25) is 0 Å². The van der Waals surface area contributed by atoms with Crippen LogP contribution in [0.1, 0.15) is 6.42 Å². The molecule has 0 unspecified atom stereocenters. The lowest BCUT2D eigenvalue weighted by Gasteiger charge is -2.44. The summed E-state index contributed by atoms with van der Waals surface area (Å²) in [7, 11) is 1.63. The van der Waals surface area contributed by atoms with Gasteiger partial charge >= 0.3 is 18.1 Å². The maximum Gasteiger partial charge on any atom is 0.471 e. The van der Waals surface area contributed by atoms with Crippen molar-refractivity contribution in [1.82, 2.24) is 9.80 Å². The standard InChI is InChI=1S/C9H13F3N2O3/c1-13(3-2-7(15)16)6-4-14(5-6)8(17)9(10,11)12/h6H,2-5H2,1H3,(H,15,16). The number of amides is 1. The third-order valence-electron chi connectivity index (χ3n) is 2.69. The van der Waals surface area contributed by atoms with Gasteiger partial charge in [-0.25, -0.2) is 0 Å². The number of rotatable bonds is 4. The Bertz CT molecular complexity index is 313. The summed E-state index contributed by atoms with van der Waals surface area (Å²) < 4.78 is 36.1. The van der Waals surface area contributed by atoms with E-state index in [1.54, 1.807) is 11.9 Å². The van der Waals surface area contributed by atoms with E-state index in [1.165, 1.54) is 0 Å². The summed E-state index contributed by atoms with van der Waals surface area (Å²) in [6, 6.07) is -0.194. The van der Waals surface area contributed by atoms with Gasteiger partial charge in [0.1, 0.15) is 0 Å². The summed E-state index contributed by atoms with van der Waals surface area (Å²) in [5.74, 6) is -2.79. The lowest BCUT2D eigenvalue weighted by Crippen LogP contribution is -2.62. The Hall–Kier alpha value is -1.31. The first kappa shape index (κ1) is 13.8. The molecule has 0 radical (unpaired) electrons. The average molecular weight is 254 g/mol. The number of aliphatic carboxylic acids is 1. The average Bonchev–Trinajstić information content (AvgIpc) is 2.10. The number of likely N-dealkylation sites (N-methyl/N-ethyl adjacent to an activating group) is 1. The highest BCUT2D eigenvalue weighted by molar-refractivity contribution is 5.82. The Morgan fingerprint density at radius 1 is 1.41 bits per heavy atom. The molecule has 1 fully saturated rings. The molecule has 1 rings (SSSR count). The first-order valence-corrected chi connectivity index (χ1v) is 5.00. The predicted octanol–water partition coefficient (Wildman–Crippen LogP) is 0.166.